The number of methoxy groups -OCH3 is 1. The molecule has 0 amide bonds. The minimum atomic E-state index is 0.853. The van der Waals surface area contributed by atoms with Crippen molar-refractivity contribution in [2.24, 2.45) is 0 Å². The predicted molar refractivity (Wildman–Crippen MR) is 81.3 cm³/mol. The highest BCUT2D eigenvalue weighted by Crippen LogP contribution is 2.25. The molecule has 0 fully saturated rings. The number of fused-ring (bicyclic) bond motifs is 1. The van der Waals surface area contributed by atoms with E-state index in [2.05, 4.69) is 41.6 Å². The average molecular weight is 266 g/mol. The van der Waals surface area contributed by atoms with Gasteiger partial charge < -0.3 is 9.30 Å². The van der Waals surface area contributed by atoms with Crippen LogP contribution in [0.5, 0.6) is 5.75 Å². The highest BCUT2D eigenvalue weighted by atomic mass is 16.5. The fourth-order valence-corrected chi connectivity index (χ4v) is 2.61. The lowest BCUT2D eigenvalue weighted by Gasteiger charge is -2.09. The first-order valence-corrected chi connectivity index (χ1v) is 6.73. The molecule has 3 rings (SSSR count). The van der Waals surface area contributed by atoms with E-state index in [4.69, 9.17) is 4.74 Å². The van der Waals surface area contributed by atoms with E-state index in [0.717, 1.165) is 12.3 Å². The quantitative estimate of drug-likeness (QED) is 0.722. The van der Waals surface area contributed by atoms with E-state index in [-0.39, 0.29) is 0 Å². The Hall–Kier alpha value is -2.29. The lowest BCUT2D eigenvalue weighted by molar-refractivity contribution is 0.414. The Labute approximate surface area is 118 Å². The highest BCUT2D eigenvalue weighted by Gasteiger charge is 2.10. The largest absolute Gasteiger partial charge is 0.497 e. The van der Waals surface area contributed by atoms with Crippen LogP contribution in [0.2, 0.25) is 0 Å². The topological polar surface area (TPSA) is 27.1 Å². The summed E-state index contributed by atoms with van der Waals surface area (Å²) in [6.07, 6.45) is 3.80. The van der Waals surface area contributed by atoms with E-state index < -0.39 is 0 Å². The SMILES string of the molecule is COc1ccc(Cn2c(C)c(C)c3ccncc32)cc1. The number of hydrogen-bond donors (Lipinski definition) is 0. The van der Waals surface area contributed by atoms with Crippen LogP contribution in [0.3, 0.4) is 0 Å². The number of benzene rings is 1. The van der Waals surface area contributed by atoms with Gasteiger partial charge in [0.15, 0.2) is 0 Å². The smallest absolute Gasteiger partial charge is 0.118 e. The van der Waals surface area contributed by atoms with E-state index in [1.807, 2.05) is 24.5 Å². The van der Waals surface area contributed by atoms with E-state index in [0.29, 0.717) is 0 Å². The summed E-state index contributed by atoms with van der Waals surface area (Å²) in [6, 6.07) is 10.3. The first-order valence-electron chi connectivity index (χ1n) is 6.73. The van der Waals surface area contributed by atoms with Gasteiger partial charge in [0.1, 0.15) is 5.75 Å². The molecule has 3 aromatic rings. The van der Waals surface area contributed by atoms with Crippen LogP contribution in [0.4, 0.5) is 0 Å². The molecule has 1 aromatic carbocycles. The Balaban J connectivity index is 2.03. The maximum atomic E-state index is 5.20. The molecule has 102 valence electrons. The minimum Gasteiger partial charge on any atom is -0.497 e. The fraction of sp³-hybridized carbons (Fsp3) is 0.235. The Morgan fingerprint density at radius 1 is 1.10 bits per heavy atom. The monoisotopic (exact) mass is 266 g/mol. The standard InChI is InChI=1S/C17H18N2O/c1-12-13(2)19(17-10-18-9-8-16(12)17)11-14-4-6-15(20-3)7-5-14/h4-10H,11H2,1-3H3. The lowest BCUT2D eigenvalue weighted by Crippen LogP contribution is -2.02. The molecule has 0 saturated heterocycles. The Kier molecular flexibility index (Phi) is 3.18. The maximum absolute atomic E-state index is 5.20. The average Bonchev–Trinajstić information content (AvgIpc) is 2.74. The second-order valence-corrected chi connectivity index (χ2v) is 5.04. The molecule has 0 aliphatic rings. The number of rotatable bonds is 3. The van der Waals surface area contributed by atoms with Crippen molar-refractivity contribution in [3.63, 3.8) is 0 Å². The van der Waals surface area contributed by atoms with Gasteiger partial charge in [-0.05, 0) is 43.2 Å². The van der Waals surface area contributed by atoms with Gasteiger partial charge >= 0.3 is 0 Å². The normalized spacial score (nSPS) is 10.9. The molecule has 0 unspecified atom stereocenters. The number of pyridine rings is 1. The number of hydrogen-bond acceptors (Lipinski definition) is 2. The zero-order valence-corrected chi connectivity index (χ0v) is 12.1. The van der Waals surface area contributed by atoms with Gasteiger partial charge in [-0.1, -0.05) is 12.1 Å². The van der Waals surface area contributed by atoms with Gasteiger partial charge in [-0.25, -0.2) is 0 Å². The van der Waals surface area contributed by atoms with Crippen LogP contribution < -0.4 is 4.74 Å². The zero-order valence-electron chi connectivity index (χ0n) is 12.1. The van der Waals surface area contributed by atoms with Crippen LogP contribution in [0.1, 0.15) is 16.8 Å². The first kappa shape index (κ1) is 12.7. The van der Waals surface area contributed by atoms with Crippen molar-refractivity contribution >= 4 is 10.9 Å². The summed E-state index contributed by atoms with van der Waals surface area (Å²) in [5, 5.41) is 1.28. The van der Waals surface area contributed by atoms with E-state index in [9.17, 15) is 0 Å². The fourth-order valence-electron chi connectivity index (χ4n) is 2.61. The van der Waals surface area contributed by atoms with Crippen molar-refractivity contribution in [2.45, 2.75) is 20.4 Å². The summed E-state index contributed by atoms with van der Waals surface area (Å²) < 4.78 is 7.52. The van der Waals surface area contributed by atoms with Crippen LogP contribution in [-0.4, -0.2) is 16.7 Å². The second kappa shape index (κ2) is 5.00. The van der Waals surface area contributed by atoms with Gasteiger partial charge in [-0.2, -0.15) is 0 Å². The molecular weight excluding hydrogens is 248 g/mol. The molecule has 0 N–H and O–H groups in total. The minimum absolute atomic E-state index is 0.853. The Bertz CT molecular complexity index is 742. The van der Waals surface area contributed by atoms with Crippen LogP contribution in [0.25, 0.3) is 10.9 Å². The molecule has 2 heterocycles. The number of aryl methyl sites for hydroxylation is 1. The molecule has 3 nitrogen and oxygen atoms in total. The summed E-state index contributed by atoms with van der Waals surface area (Å²) in [5.74, 6) is 0.890. The summed E-state index contributed by atoms with van der Waals surface area (Å²) in [7, 11) is 1.69. The summed E-state index contributed by atoms with van der Waals surface area (Å²) >= 11 is 0. The van der Waals surface area contributed by atoms with Crippen LogP contribution >= 0.6 is 0 Å². The van der Waals surface area contributed by atoms with Gasteiger partial charge in [0.25, 0.3) is 0 Å². The van der Waals surface area contributed by atoms with Gasteiger partial charge in [-0.15, -0.1) is 0 Å². The molecule has 0 aliphatic heterocycles. The van der Waals surface area contributed by atoms with Crippen molar-refractivity contribution in [2.75, 3.05) is 7.11 Å². The summed E-state index contributed by atoms with van der Waals surface area (Å²) in [5.41, 5.74) is 5.08. The second-order valence-electron chi connectivity index (χ2n) is 5.04. The van der Waals surface area contributed by atoms with E-state index in [1.54, 1.807) is 7.11 Å². The third-order valence-electron chi connectivity index (χ3n) is 3.94. The molecule has 0 spiro atoms. The van der Waals surface area contributed by atoms with Crippen LogP contribution in [0, 0.1) is 13.8 Å². The number of nitrogens with zero attached hydrogens (tertiary/aromatic N) is 2. The molecule has 0 bridgehead atoms. The molecular formula is C17H18N2O. The number of aromatic nitrogens is 2. The zero-order chi connectivity index (χ0) is 14.1. The molecule has 0 atom stereocenters. The van der Waals surface area contributed by atoms with Gasteiger partial charge in [0.05, 0.1) is 18.8 Å². The van der Waals surface area contributed by atoms with Crippen LogP contribution in [0.15, 0.2) is 42.7 Å². The van der Waals surface area contributed by atoms with Crippen molar-refractivity contribution in [1.29, 1.82) is 0 Å². The van der Waals surface area contributed by atoms with E-state index in [1.165, 1.54) is 27.7 Å². The molecule has 3 heteroatoms. The Morgan fingerprint density at radius 3 is 2.55 bits per heavy atom. The van der Waals surface area contributed by atoms with E-state index >= 15 is 0 Å². The molecule has 2 aromatic heterocycles. The molecule has 0 aliphatic carbocycles. The maximum Gasteiger partial charge on any atom is 0.118 e. The van der Waals surface area contributed by atoms with Crippen molar-refractivity contribution in [3.05, 3.63) is 59.5 Å². The predicted octanol–water partition coefficient (Wildman–Crippen LogP) is 3.71. The third kappa shape index (κ3) is 2.05. The van der Waals surface area contributed by atoms with Gasteiger partial charge in [-0.3, -0.25) is 4.98 Å². The lowest BCUT2D eigenvalue weighted by atomic mass is 10.2. The van der Waals surface area contributed by atoms with Crippen LogP contribution in [-0.2, 0) is 6.54 Å². The van der Waals surface area contributed by atoms with Crippen molar-refractivity contribution in [3.8, 4) is 5.75 Å². The first-order chi connectivity index (χ1) is 9.70. The summed E-state index contributed by atoms with van der Waals surface area (Å²) in [4.78, 5) is 4.26. The van der Waals surface area contributed by atoms with Crippen molar-refractivity contribution in [1.82, 2.24) is 9.55 Å². The summed E-state index contributed by atoms with van der Waals surface area (Å²) in [6.45, 7) is 5.19. The molecule has 0 saturated carbocycles. The third-order valence-corrected chi connectivity index (χ3v) is 3.94. The van der Waals surface area contributed by atoms with Crippen molar-refractivity contribution < 1.29 is 4.74 Å². The van der Waals surface area contributed by atoms with Gasteiger partial charge in [0, 0.05) is 23.8 Å². The van der Waals surface area contributed by atoms with Gasteiger partial charge in [0.2, 0.25) is 0 Å². The highest BCUT2D eigenvalue weighted by molar-refractivity contribution is 5.84. The molecule has 0 radical (unpaired) electrons. The Morgan fingerprint density at radius 2 is 1.85 bits per heavy atom. The number of ether oxygens (including phenoxy) is 1. The molecule has 20 heavy (non-hydrogen) atoms.